The number of ether oxygens (including phenoxy) is 2. The van der Waals surface area contributed by atoms with Gasteiger partial charge < -0.3 is 19.7 Å². The van der Waals surface area contributed by atoms with Gasteiger partial charge in [0.1, 0.15) is 11.5 Å². The van der Waals surface area contributed by atoms with Gasteiger partial charge in [0.2, 0.25) is 6.10 Å². The van der Waals surface area contributed by atoms with Crippen molar-refractivity contribution in [1.82, 2.24) is 0 Å². The van der Waals surface area contributed by atoms with Gasteiger partial charge in [0, 0.05) is 0 Å². The molecule has 6 nitrogen and oxygen atoms in total. The number of methoxy groups -OCH3 is 1. The van der Waals surface area contributed by atoms with Crippen molar-refractivity contribution in [3.05, 3.63) is 23.8 Å². The summed E-state index contributed by atoms with van der Waals surface area (Å²) in [7, 11) is 1.52. The van der Waals surface area contributed by atoms with Crippen LogP contribution < -0.4 is 9.47 Å². The van der Waals surface area contributed by atoms with Gasteiger partial charge in [-0.2, -0.15) is 0 Å². The minimum atomic E-state index is -1.41. The highest BCUT2D eigenvalue weighted by Gasteiger charge is 2.23. The summed E-state index contributed by atoms with van der Waals surface area (Å²) in [6.45, 7) is 1.78. The smallest absolute Gasteiger partial charge is 0.345 e. The van der Waals surface area contributed by atoms with Gasteiger partial charge >= 0.3 is 11.9 Å². The predicted molar refractivity (Wildman–Crippen MR) is 62.0 cm³/mol. The molecule has 1 atom stereocenters. The van der Waals surface area contributed by atoms with Gasteiger partial charge in [-0.05, 0) is 30.7 Å². The molecule has 98 valence electrons. The van der Waals surface area contributed by atoms with E-state index in [1.165, 1.54) is 13.2 Å². The molecule has 1 aromatic carbocycles. The maximum Gasteiger partial charge on any atom is 0.345 e. The molecule has 18 heavy (non-hydrogen) atoms. The Hall–Kier alpha value is -2.24. The minimum absolute atomic E-state index is 0.293. The van der Waals surface area contributed by atoms with Gasteiger partial charge in [-0.25, -0.2) is 4.79 Å². The van der Waals surface area contributed by atoms with Gasteiger partial charge in [0.15, 0.2) is 0 Å². The molecule has 0 aliphatic rings. The highest BCUT2D eigenvalue weighted by Crippen LogP contribution is 2.24. The lowest BCUT2D eigenvalue weighted by atomic mass is 10.2. The van der Waals surface area contributed by atoms with E-state index in [1.54, 1.807) is 19.1 Å². The van der Waals surface area contributed by atoms with E-state index in [0.717, 1.165) is 5.56 Å². The Balaban J connectivity index is 2.84. The van der Waals surface area contributed by atoms with Crippen molar-refractivity contribution in [3.63, 3.8) is 0 Å². The Morgan fingerprint density at radius 3 is 2.44 bits per heavy atom. The molecular formula is C12H14O6. The molecule has 0 aliphatic heterocycles. The van der Waals surface area contributed by atoms with E-state index in [4.69, 9.17) is 19.7 Å². The number of hydrogen-bond donors (Lipinski definition) is 2. The van der Waals surface area contributed by atoms with E-state index in [1.807, 2.05) is 0 Å². The van der Waals surface area contributed by atoms with Crippen molar-refractivity contribution in [1.29, 1.82) is 0 Å². The number of hydrogen-bond acceptors (Lipinski definition) is 4. The van der Waals surface area contributed by atoms with Gasteiger partial charge in [0.05, 0.1) is 13.5 Å². The fourth-order valence-corrected chi connectivity index (χ4v) is 1.43. The number of benzene rings is 1. The molecule has 0 heterocycles. The average molecular weight is 254 g/mol. The third kappa shape index (κ3) is 3.65. The second-order valence-corrected chi connectivity index (χ2v) is 3.67. The molecule has 0 spiro atoms. The van der Waals surface area contributed by atoms with Gasteiger partial charge in [0.25, 0.3) is 0 Å². The van der Waals surface area contributed by atoms with Gasteiger partial charge in [-0.3, -0.25) is 4.79 Å². The first kappa shape index (κ1) is 13.8. The summed E-state index contributed by atoms with van der Waals surface area (Å²) in [5, 5.41) is 17.4. The molecule has 1 unspecified atom stereocenters. The Morgan fingerprint density at radius 2 is 2.00 bits per heavy atom. The molecule has 1 rings (SSSR count). The van der Waals surface area contributed by atoms with E-state index >= 15 is 0 Å². The third-order valence-electron chi connectivity index (χ3n) is 2.28. The number of rotatable bonds is 6. The lowest BCUT2D eigenvalue weighted by molar-refractivity contribution is -0.151. The van der Waals surface area contributed by atoms with Crippen LogP contribution in [0.1, 0.15) is 12.0 Å². The summed E-state index contributed by atoms with van der Waals surface area (Å²) in [5.41, 5.74) is 0.773. The summed E-state index contributed by atoms with van der Waals surface area (Å²) in [5.74, 6) is -1.60. The maximum atomic E-state index is 10.8. The molecule has 0 amide bonds. The number of aliphatic carboxylic acids is 2. The van der Waals surface area contributed by atoms with E-state index in [2.05, 4.69) is 0 Å². The van der Waals surface area contributed by atoms with Crippen molar-refractivity contribution in [3.8, 4) is 11.5 Å². The van der Waals surface area contributed by atoms with Crippen molar-refractivity contribution < 1.29 is 29.3 Å². The number of carboxylic acid groups (broad SMARTS) is 2. The van der Waals surface area contributed by atoms with E-state index in [9.17, 15) is 9.59 Å². The molecule has 6 heteroatoms. The average Bonchev–Trinajstić information content (AvgIpc) is 2.27. The standard InChI is InChI=1S/C12H14O6/c1-7-5-8(3-4-9(7)17-2)18-10(12(15)16)6-11(13)14/h3-5,10H,6H2,1-2H3,(H,13,14)(H,15,16). The van der Waals surface area contributed by atoms with Crippen LogP contribution in [0.25, 0.3) is 0 Å². The van der Waals surface area contributed by atoms with Crippen molar-refractivity contribution in [2.24, 2.45) is 0 Å². The molecule has 1 aromatic rings. The first-order chi connectivity index (χ1) is 8.43. The maximum absolute atomic E-state index is 10.8. The first-order valence-corrected chi connectivity index (χ1v) is 5.20. The molecular weight excluding hydrogens is 240 g/mol. The lowest BCUT2D eigenvalue weighted by Crippen LogP contribution is -2.29. The summed E-state index contributed by atoms with van der Waals surface area (Å²) in [6, 6.07) is 4.75. The Labute approximate surface area is 104 Å². The largest absolute Gasteiger partial charge is 0.496 e. The number of carbonyl (C=O) groups is 2. The van der Waals surface area contributed by atoms with E-state index in [-0.39, 0.29) is 0 Å². The van der Waals surface area contributed by atoms with Crippen LogP contribution in [0.4, 0.5) is 0 Å². The summed E-state index contributed by atoms with van der Waals surface area (Å²) in [4.78, 5) is 21.3. The Morgan fingerprint density at radius 1 is 1.33 bits per heavy atom. The van der Waals surface area contributed by atoms with Crippen LogP contribution in [0.2, 0.25) is 0 Å². The normalized spacial score (nSPS) is 11.7. The van der Waals surface area contributed by atoms with E-state index in [0.29, 0.717) is 11.5 Å². The van der Waals surface area contributed by atoms with Crippen LogP contribution in [0.15, 0.2) is 18.2 Å². The fraction of sp³-hybridized carbons (Fsp3) is 0.333. The number of carboxylic acids is 2. The van der Waals surface area contributed by atoms with Crippen molar-refractivity contribution in [2.45, 2.75) is 19.4 Å². The highest BCUT2D eigenvalue weighted by molar-refractivity contribution is 5.80. The monoisotopic (exact) mass is 254 g/mol. The zero-order valence-corrected chi connectivity index (χ0v) is 10.0. The molecule has 0 saturated carbocycles. The molecule has 0 aliphatic carbocycles. The van der Waals surface area contributed by atoms with Gasteiger partial charge in [-0.15, -0.1) is 0 Å². The van der Waals surface area contributed by atoms with Gasteiger partial charge in [-0.1, -0.05) is 0 Å². The second kappa shape index (κ2) is 5.90. The zero-order chi connectivity index (χ0) is 13.7. The fourth-order valence-electron chi connectivity index (χ4n) is 1.43. The van der Waals surface area contributed by atoms with Crippen LogP contribution in [0.5, 0.6) is 11.5 Å². The number of aryl methyl sites for hydroxylation is 1. The summed E-state index contributed by atoms with van der Waals surface area (Å²) >= 11 is 0. The molecule has 0 bridgehead atoms. The minimum Gasteiger partial charge on any atom is -0.496 e. The second-order valence-electron chi connectivity index (χ2n) is 3.67. The highest BCUT2D eigenvalue weighted by atomic mass is 16.5. The topological polar surface area (TPSA) is 93.1 Å². The zero-order valence-electron chi connectivity index (χ0n) is 10.0. The van der Waals surface area contributed by atoms with Crippen LogP contribution in [-0.4, -0.2) is 35.4 Å². The SMILES string of the molecule is COc1ccc(OC(CC(=O)O)C(=O)O)cc1C. The lowest BCUT2D eigenvalue weighted by Gasteiger charge is -2.14. The first-order valence-electron chi connectivity index (χ1n) is 5.20. The molecule has 0 saturated heterocycles. The Bertz CT molecular complexity index is 454. The van der Waals surface area contributed by atoms with Crippen molar-refractivity contribution >= 4 is 11.9 Å². The molecule has 0 fully saturated rings. The van der Waals surface area contributed by atoms with Crippen LogP contribution in [0.3, 0.4) is 0 Å². The third-order valence-corrected chi connectivity index (χ3v) is 2.28. The molecule has 0 radical (unpaired) electrons. The van der Waals surface area contributed by atoms with Crippen molar-refractivity contribution in [2.75, 3.05) is 7.11 Å². The van der Waals surface area contributed by atoms with E-state index < -0.39 is 24.5 Å². The summed E-state index contributed by atoms with van der Waals surface area (Å²) in [6.07, 6.45) is -2.00. The van der Waals surface area contributed by atoms with Crippen LogP contribution in [0, 0.1) is 6.92 Å². The Kier molecular flexibility index (Phi) is 4.53. The van der Waals surface area contributed by atoms with Crippen LogP contribution in [-0.2, 0) is 9.59 Å². The summed E-state index contributed by atoms with van der Waals surface area (Å²) < 4.78 is 10.2. The predicted octanol–water partition coefficient (Wildman–Crippen LogP) is 1.31. The van der Waals surface area contributed by atoms with Crippen LogP contribution >= 0.6 is 0 Å². The quantitative estimate of drug-likeness (QED) is 0.795. The molecule has 2 N–H and O–H groups in total. The molecule has 0 aromatic heterocycles.